The molecule has 0 aliphatic carbocycles. The molecule has 0 spiro atoms. The standard InChI is InChI=1S/C20H14F3N5O/c21-20(22,23)19-26-14-7-6-13(10-15(14)27-19)17(12-4-2-1-3-5-12)28-18(29)16-11-24-8-9-25-16/h1-11,17H,(H,26,27)(H,28,29)/t17-/m1/s1. The Bertz CT molecular complexity index is 1140. The highest BCUT2D eigenvalue weighted by Gasteiger charge is 2.34. The summed E-state index contributed by atoms with van der Waals surface area (Å²) in [6.07, 6.45) is -0.374. The van der Waals surface area contributed by atoms with Crippen molar-refractivity contribution in [2.75, 3.05) is 0 Å². The molecule has 29 heavy (non-hydrogen) atoms. The van der Waals surface area contributed by atoms with E-state index in [9.17, 15) is 18.0 Å². The lowest BCUT2D eigenvalue weighted by atomic mass is 9.98. The van der Waals surface area contributed by atoms with Crippen molar-refractivity contribution in [2.24, 2.45) is 0 Å². The van der Waals surface area contributed by atoms with Gasteiger partial charge < -0.3 is 10.3 Å². The van der Waals surface area contributed by atoms with Gasteiger partial charge in [-0.1, -0.05) is 36.4 Å². The first-order chi connectivity index (χ1) is 13.9. The van der Waals surface area contributed by atoms with E-state index in [1.165, 1.54) is 24.7 Å². The minimum Gasteiger partial charge on any atom is -0.340 e. The maximum Gasteiger partial charge on any atom is 0.449 e. The van der Waals surface area contributed by atoms with E-state index in [4.69, 9.17) is 0 Å². The van der Waals surface area contributed by atoms with Crippen LogP contribution in [0.15, 0.2) is 67.1 Å². The lowest BCUT2D eigenvalue weighted by Gasteiger charge is -2.19. The highest BCUT2D eigenvalue weighted by atomic mass is 19.4. The van der Waals surface area contributed by atoms with Gasteiger partial charge in [0, 0.05) is 12.4 Å². The molecular formula is C20H14F3N5O. The normalized spacial score (nSPS) is 12.7. The number of aromatic nitrogens is 4. The van der Waals surface area contributed by atoms with E-state index >= 15 is 0 Å². The first-order valence-corrected chi connectivity index (χ1v) is 8.60. The molecule has 9 heteroatoms. The van der Waals surface area contributed by atoms with Crippen LogP contribution in [0, 0.1) is 0 Å². The summed E-state index contributed by atoms with van der Waals surface area (Å²) in [6.45, 7) is 0. The van der Waals surface area contributed by atoms with Gasteiger partial charge in [-0.05, 0) is 23.3 Å². The maximum atomic E-state index is 12.9. The van der Waals surface area contributed by atoms with Crippen LogP contribution in [-0.2, 0) is 6.18 Å². The molecule has 2 aromatic heterocycles. The molecule has 6 nitrogen and oxygen atoms in total. The molecule has 146 valence electrons. The molecule has 0 saturated heterocycles. The molecule has 1 amide bonds. The highest BCUT2D eigenvalue weighted by Crippen LogP contribution is 2.30. The first-order valence-electron chi connectivity index (χ1n) is 8.60. The quantitative estimate of drug-likeness (QED) is 0.547. The van der Waals surface area contributed by atoms with Gasteiger partial charge in [-0.3, -0.25) is 9.78 Å². The van der Waals surface area contributed by atoms with Gasteiger partial charge in [0.2, 0.25) is 5.82 Å². The third kappa shape index (κ3) is 3.93. The number of hydrogen-bond acceptors (Lipinski definition) is 4. The van der Waals surface area contributed by atoms with E-state index in [-0.39, 0.29) is 16.7 Å². The van der Waals surface area contributed by atoms with Gasteiger partial charge in [-0.15, -0.1) is 0 Å². The summed E-state index contributed by atoms with van der Waals surface area (Å²) in [7, 11) is 0. The van der Waals surface area contributed by atoms with Crippen molar-refractivity contribution in [3.63, 3.8) is 0 Å². The molecule has 0 saturated carbocycles. The van der Waals surface area contributed by atoms with Gasteiger partial charge in [0.1, 0.15) is 5.69 Å². The maximum absolute atomic E-state index is 12.9. The van der Waals surface area contributed by atoms with Gasteiger partial charge in [0.05, 0.1) is 23.3 Å². The molecular weight excluding hydrogens is 383 g/mol. The van der Waals surface area contributed by atoms with Crippen LogP contribution in [0.3, 0.4) is 0 Å². The summed E-state index contributed by atoms with van der Waals surface area (Å²) >= 11 is 0. The van der Waals surface area contributed by atoms with Crippen LogP contribution >= 0.6 is 0 Å². The summed E-state index contributed by atoms with van der Waals surface area (Å²) in [5, 5.41) is 2.87. The van der Waals surface area contributed by atoms with Gasteiger partial charge in [-0.25, -0.2) is 9.97 Å². The Morgan fingerprint density at radius 3 is 2.52 bits per heavy atom. The number of fused-ring (bicyclic) bond motifs is 1. The van der Waals surface area contributed by atoms with Crippen molar-refractivity contribution >= 4 is 16.9 Å². The second kappa shape index (κ2) is 7.34. The molecule has 0 unspecified atom stereocenters. The number of imidazole rings is 1. The number of alkyl halides is 3. The van der Waals surface area contributed by atoms with E-state index in [1.54, 1.807) is 12.1 Å². The van der Waals surface area contributed by atoms with Crippen molar-refractivity contribution in [3.05, 3.63) is 89.8 Å². The summed E-state index contributed by atoms with van der Waals surface area (Å²) in [5.41, 5.74) is 1.91. The number of carbonyl (C=O) groups excluding carboxylic acids is 1. The van der Waals surface area contributed by atoms with Crippen LogP contribution in [0.4, 0.5) is 13.2 Å². The van der Waals surface area contributed by atoms with E-state index in [1.807, 2.05) is 30.3 Å². The third-order valence-electron chi connectivity index (χ3n) is 4.31. The molecule has 4 rings (SSSR count). The fourth-order valence-corrected chi connectivity index (χ4v) is 2.97. The summed E-state index contributed by atoms with van der Waals surface area (Å²) in [6, 6.07) is 13.2. The Hall–Kier alpha value is -3.75. The second-order valence-corrected chi connectivity index (χ2v) is 6.27. The van der Waals surface area contributed by atoms with Crippen molar-refractivity contribution < 1.29 is 18.0 Å². The van der Waals surface area contributed by atoms with Crippen LogP contribution in [0.2, 0.25) is 0 Å². The number of nitrogens with zero attached hydrogens (tertiary/aromatic N) is 3. The SMILES string of the molecule is O=C(N[C@H](c1ccccc1)c1ccc2nc(C(F)(F)F)[nH]c2c1)c1cnccn1. The third-order valence-corrected chi connectivity index (χ3v) is 4.31. The van der Waals surface area contributed by atoms with Crippen LogP contribution in [-0.4, -0.2) is 25.8 Å². The van der Waals surface area contributed by atoms with Crippen LogP contribution in [0.1, 0.15) is 33.5 Å². The number of rotatable bonds is 4. The molecule has 2 heterocycles. The number of benzene rings is 2. The largest absolute Gasteiger partial charge is 0.449 e. The minimum atomic E-state index is -4.57. The van der Waals surface area contributed by atoms with Gasteiger partial charge in [-0.2, -0.15) is 13.2 Å². The number of carbonyl (C=O) groups is 1. The molecule has 0 fully saturated rings. The fourth-order valence-electron chi connectivity index (χ4n) is 2.97. The lowest BCUT2D eigenvalue weighted by Crippen LogP contribution is -2.30. The van der Waals surface area contributed by atoms with Crippen LogP contribution in [0.25, 0.3) is 11.0 Å². The topological polar surface area (TPSA) is 83.6 Å². The number of aromatic amines is 1. The number of nitrogens with one attached hydrogen (secondary N) is 2. The average Bonchev–Trinajstić information content (AvgIpc) is 3.17. The number of H-pyrrole nitrogens is 1. The molecule has 1 atom stereocenters. The van der Waals surface area contributed by atoms with Crippen molar-refractivity contribution in [1.82, 2.24) is 25.3 Å². The minimum absolute atomic E-state index is 0.135. The van der Waals surface area contributed by atoms with Gasteiger partial charge in [0.15, 0.2) is 0 Å². The fraction of sp³-hybridized carbons (Fsp3) is 0.100. The Kier molecular flexibility index (Phi) is 4.71. The zero-order valence-corrected chi connectivity index (χ0v) is 14.8. The van der Waals surface area contributed by atoms with E-state index in [0.717, 1.165) is 5.56 Å². The number of amides is 1. The Balaban J connectivity index is 1.74. The molecule has 0 bridgehead atoms. The Labute approximate surface area is 162 Å². The van der Waals surface area contributed by atoms with Crippen LogP contribution < -0.4 is 5.32 Å². The average molecular weight is 397 g/mol. The van der Waals surface area contributed by atoms with Crippen molar-refractivity contribution in [2.45, 2.75) is 12.2 Å². The molecule has 0 aliphatic heterocycles. The van der Waals surface area contributed by atoms with Gasteiger partial charge in [0.25, 0.3) is 5.91 Å². The van der Waals surface area contributed by atoms with Crippen molar-refractivity contribution in [3.8, 4) is 0 Å². The highest BCUT2D eigenvalue weighted by molar-refractivity contribution is 5.92. The second-order valence-electron chi connectivity index (χ2n) is 6.27. The predicted octanol–water partition coefficient (Wildman–Crippen LogP) is 3.89. The molecule has 2 aromatic carbocycles. The molecule has 4 aromatic rings. The monoisotopic (exact) mass is 397 g/mol. The smallest absolute Gasteiger partial charge is 0.340 e. The molecule has 0 aliphatic rings. The summed E-state index contributed by atoms with van der Waals surface area (Å²) in [4.78, 5) is 26.4. The Morgan fingerprint density at radius 1 is 1.03 bits per heavy atom. The first kappa shape index (κ1) is 18.6. The zero-order chi connectivity index (χ0) is 20.4. The Morgan fingerprint density at radius 2 is 1.83 bits per heavy atom. The number of halogens is 3. The van der Waals surface area contributed by atoms with Crippen molar-refractivity contribution in [1.29, 1.82) is 0 Å². The van der Waals surface area contributed by atoms with Crippen LogP contribution in [0.5, 0.6) is 0 Å². The van der Waals surface area contributed by atoms with Gasteiger partial charge >= 0.3 is 6.18 Å². The summed E-state index contributed by atoms with van der Waals surface area (Å²) in [5.74, 6) is -1.52. The summed E-state index contributed by atoms with van der Waals surface area (Å²) < 4.78 is 38.8. The molecule has 2 N–H and O–H groups in total. The van der Waals surface area contributed by atoms with E-state index in [0.29, 0.717) is 5.56 Å². The predicted molar refractivity (Wildman–Crippen MR) is 98.9 cm³/mol. The van der Waals surface area contributed by atoms with E-state index in [2.05, 4.69) is 25.3 Å². The zero-order valence-electron chi connectivity index (χ0n) is 14.8. The molecule has 0 radical (unpaired) electrons. The lowest BCUT2D eigenvalue weighted by molar-refractivity contribution is -0.144. The number of hydrogen-bond donors (Lipinski definition) is 2. The van der Waals surface area contributed by atoms with E-state index < -0.39 is 23.9 Å².